The van der Waals surface area contributed by atoms with Crippen LogP contribution < -0.4 is 10.1 Å². The molecular weight excluding hydrogens is 415 g/mol. The third kappa shape index (κ3) is 4.52. The van der Waals surface area contributed by atoms with Gasteiger partial charge in [-0.2, -0.15) is 0 Å². The number of pyridine rings is 1. The molecule has 0 radical (unpaired) electrons. The Balaban J connectivity index is 0.00000208. The van der Waals surface area contributed by atoms with Gasteiger partial charge in [0, 0.05) is 25.7 Å². The molecule has 0 bridgehead atoms. The lowest BCUT2D eigenvalue weighted by molar-refractivity contribution is 0.309. The molecular formula is C18H29IN4O. The monoisotopic (exact) mass is 444 g/mol. The molecule has 1 aliphatic heterocycles. The first-order chi connectivity index (χ1) is 11.2. The molecule has 2 fully saturated rings. The summed E-state index contributed by atoms with van der Waals surface area (Å²) in [5.41, 5.74) is 1.50. The van der Waals surface area contributed by atoms with Gasteiger partial charge >= 0.3 is 0 Å². The van der Waals surface area contributed by atoms with Crippen molar-refractivity contribution in [2.24, 2.45) is 10.4 Å². The Morgan fingerprint density at radius 2 is 2.12 bits per heavy atom. The fourth-order valence-corrected chi connectivity index (χ4v) is 3.89. The molecule has 6 heteroatoms. The highest BCUT2D eigenvalue weighted by Crippen LogP contribution is 2.45. The van der Waals surface area contributed by atoms with Gasteiger partial charge in [-0.1, -0.05) is 18.9 Å². The molecule has 1 aliphatic carbocycles. The van der Waals surface area contributed by atoms with E-state index in [9.17, 15) is 0 Å². The maximum Gasteiger partial charge on any atom is 0.213 e. The van der Waals surface area contributed by atoms with E-state index in [4.69, 9.17) is 9.73 Å². The van der Waals surface area contributed by atoms with Gasteiger partial charge in [0.15, 0.2) is 5.96 Å². The van der Waals surface area contributed by atoms with Gasteiger partial charge in [-0.15, -0.1) is 24.0 Å². The zero-order chi connectivity index (χ0) is 16.1. The van der Waals surface area contributed by atoms with Crippen molar-refractivity contribution in [2.75, 3.05) is 26.7 Å². The zero-order valence-electron chi connectivity index (χ0n) is 14.8. The van der Waals surface area contributed by atoms with Crippen molar-refractivity contribution in [1.82, 2.24) is 15.2 Å². The average Bonchev–Trinajstić information content (AvgIpc) is 3.22. The molecule has 2 heterocycles. The summed E-state index contributed by atoms with van der Waals surface area (Å²) < 4.78 is 5.19. The van der Waals surface area contributed by atoms with Crippen LogP contribution in [0.25, 0.3) is 0 Å². The number of aromatic nitrogens is 1. The van der Waals surface area contributed by atoms with Gasteiger partial charge in [-0.3, -0.25) is 0 Å². The topological polar surface area (TPSA) is 49.8 Å². The van der Waals surface area contributed by atoms with Crippen LogP contribution in [0, 0.1) is 5.41 Å². The molecule has 1 N–H and O–H groups in total. The van der Waals surface area contributed by atoms with Crippen molar-refractivity contribution in [1.29, 1.82) is 0 Å². The minimum absolute atomic E-state index is 0. The van der Waals surface area contributed by atoms with Crippen LogP contribution >= 0.6 is 24.0 Å². The molecule has 5 nitrogen and oxygen atoms in total. The van der Waals surface area contributed by atoms with Gasteiger partial charge in [0.05, 0.1) is 19.3 Å². The van der Waals surface area contributed by atoms with E-state index < -0.39 is 0 Å². The molecule has 1 saturated heterocycles. The minimum atomic E-state index is 0. The zero-order valence-corrected chi connectivity index (χ0v) is 17.1. The molecule has 0 unspecified atom stereocenters. The lowest BCUT2D eigenvalue weighted by Crippen LogP contribution is -2.41. The molecule has 0 amide bonds. The average molecular weight is 444 g/mol. The predicted octanol–water partition coefficient (Wildman–Crippen LogP) is 3.44. The van der Waals surface area contributed by atoms with Gasteiger partial charge in [0.2, 0.25) is 5.88 Å². The number of likely N-dealkylation sites (tertiary alicyclic amines) is 1. The Kier molecular flexibility index (Phi) is 7.13. The molecule has 1 aromatic heterocycles. The minimum Gasteiger partial charge on any atom is -0.481 e. The van der Waals surface area contributed by atoms with Crippen LogP contribution in [-0.4, -0.2) is 42.6 Å². The van der Waals surface area contributed by atoms with Gasteiger partial charge in [-0.25, -0.2) is 9.98 Å². The van der Waals surface area contributed by atoms with Crippen molar-refractivity contribution in [3.8, 4) is 5.88 Å². The second-order valence-electron chi connectivity index (χ2n) is 6.72. The van der Waals surface area contributed by atoms with E-state index in [2.05, 4.69) is 22.1 Å². The normalized spacial score (nSPS) is 19.4. The maximum absolute atomic E-state index is 5.19. The third-order valence-corrected chi connectivity index (χ3v) is 5.12. The van der Waals surface area contributed by atoms with Crippen LogP contribution in [0.15, 0.2) is 23.2 Å². The molecule has 0 atom stereocenters. The van der Waals surface area contributed by atoms with Gasteiger partial charge in [0.25, 0.3) is 0 Å². The van der Waals surface area contributed by atoms with E-state index >= 15 is 0 Å². The standard InChI is InChI=1S/C18H28N4O.HI/c1-3-19-17(20-13-15-7-6-8-16(21-15)23-2)22-12-11-18(14-22)9-4-5-10-18;/h6-8H,3-5,9-14H2,1-2H3,(H,19,20);1H. The van der Waals surface area contributed by atoms with Crippen LogP contribution in [0.5, 0.6) is 5.88 Å². The molecule has 0 aromatic carbocycles. The second kappa shape index (κ2) is 8.87. The molecule has 24 heavy (non-hydrogen) atoms. The summed E-state index contributed by atoms with van der Waals surface area (Å²) in [7, 11) is 1.64. The third-order valence-electron chi connectivity index (χ3n) is 5.12. The lowest BCUT2D eigenvalue weighted by atomic mass is 9.86. The fraction of sp³-hybridized carbons (Fsp3) is 0.667. The maximum atomic E-state index is 5.19. The Labute approximate surface area is 162 Å². The highest BCUT2D eigenvalue weighted by Gasteiger charge is 2.41. The fourth-order valence-electron chi connectivity index (χ4n) is 3.89. The first-order valence-corrected chi connectivity index (χ1v) is 8.78. The summed E-state index contributed by atoms with van der Waals surface area (Å²) in [4.78, 5) is 11.7. The number of hydrogen-bond donors (Lipinski definition) is 1. The smallest absolute Gasteiger partial charge is 0.213 e. The van der Waals surface area contributed by atoms with E-state index in [1.165, 1.54) is 32.1 Å². The van der Waals surface area contributed by atoms with Crippen molar-refractivity contribution < 1.29 is 4.74 Å². The van der Waals surface area contributed by atoms with Gasteiger partial charge < -0.3 is 15.0 Å². The van der Waals surface area contributed by atoms with Gasteiger partial charge in [-0.05, 0) is 37.7 Å². The Bertz CT molecular complexity index is 558. The summed E-state index contributed by atoms with van der Waals surface area (Å²) in [5, 5.41) is 3.45. The van der Waals surface area contributed by atoms with Crippen LogP contribution in [0.1, 0.15) is 44.7 Å². The van der Waals surface area contributed by atoms with Crippen molar-refractivity contribution in [2.45, 2.75) is 45.6 Å². The van der Waals surface area contributed by atoms with E-state index in [-0.39, 0.29) is 24.0 Å². The Hall–Kier alpha value is -1.05. The quantitative estimate of drug-likeness (QED) is 0.439. The largest absolute Gasteiger partial charge is 0.481 e. The van der Waals surface area contributed by atoms with E-state index in [1.807, 2.05) is 18.2 Å². The summed E-state index contributed by atoms with van der Waals surface area (Å²) in [6.45, 7) is 5.89. The molecule has 1 saturated carbocycles. The van der Waals surface area contributed by atoms with Crippen LogP contribution in [0.2, 0.25) is 0 Å². The first kappa shape index (κ1) is 19.3. The van der Waals surface area contributed by atoms with Crippen molar-refractivity contribution in [3.05, 3.63) is 23.9 Å². The highest BCUT2D eigenvalue weighted by atomic mass is 127. The summed E-state index contributed by atoms with van der Waals surface area (Å²) >= 11 is 0. The second-order valence-corrected chi connectivity index (χ2v) is 6.72. The molecule has 134 valence electrons. The van der Waals surface area contributed by atoms with E-state index in [0.717, 1.165) is 31.3 Å². The van der Waals surface area contributed by atoms with Crippen LogP contribution in [0.3, 0.4) is 0 Å². The number of hydrogen-bond acceptors (Lipinski definition) is 3. The number of guanidine groups is 1. The molecule has 1 aromatic rings. The number of nitrogens with one attached hydrogen (secondary N) is 1. The summed E-state index contributed by atoms with van der Waals surface area (Å²) in [6.07, 6.45) is 6.89. The van der Waals surface area contributed by atoms with Crippen molar-refractivity contribution in [3.63, 3.8) is 0 Å². The predicted molar refractivity (Wildman–Crippen MR) is 108 cm³/mol. The molecule has 3 rings (SSSR count). The van der Waals surface area contributed by atoms with Crippen LogP contribution in [-0.2, 0) is 6.54 Å². The lowest BCUT2D eigenvalue weighted by Gasteiger charge is -2.25. The van der Waals surface area contributed by atoms with Crippen LogP contribution in [0.4, 0.5) is 0 Å². The summed E-state index contributed by atoms with van der Waals surface area (Å²) in [6, 6.07) is 5.83. The highest BCUT2D eigenvalue weighted by molar-refractivity contribution is 14.0. The first-order valence-electron chi connectivity index (χ1n) is 8.78. The summed E-state index contributed by atoms with van der Waals surface area (Å²) in [5.74, 6) is 1.68. The number of methoxy groups -OCH3 is 1. The van der Waals surface area contributed by atoms with E-state index in [0.29, 0.717) is 17.8 Å². The Morgan fingerprint density at radius 3 is 2.83 bits per heavy atom. The van der Waals surface area contributed by atoms with Gasteiger partial charge in [0.1, 0.15) is 0 Å². The number of aliphatic imine (C=N–C) groups is 1. The molecule has 1 spiro atoms. The van der Waals surface area contributed by atoms with E-state index in [1.54, 1.807) is 7.11 Å². The number of nitrogens with zero attached hydrogens (tertiary/aromatic N) is 3. The Morgan fingerprint density at radius 1 is 1.33 bits per heavy atom. The van der Waals surface area contributed by atoms with Crippen molar-refractivity contribution >= 4 is 29.9 Å². The molecule has 2 aliphatic rings. The number of rotatable bonds is 4. The number of halogens is 1. The SMILES string of the molecule is CCNC(=NCc1cccc(OC)n1)N1CCC2(CCCC2)C1.I. The number of ether oxygens (including phenoxy) is 1.